The third kappa shape index (κ3) is 3.29. The summed E-state index contributed by atoms with van der Waals surface area (Å²) in [4.78, 5) is 11.7. The summed E-state index contributed by atoms with van der Waals surface area (Å²) in [6.45, 7) is 0.672. The number of H-pyrrole nitrogens is 1. The molecule has 2 rings (SSSR count). The standard InChI is InChI=1S/C13H17FN4O/c14-10-5-7-11(8-6-10)18-12(16-17-13(18)19)4-2-1-3-9-15/h5-8H,1-4,9,15H2,(H,17,19). The zero-order chi connectivity index (χ0) is 13.7. The molecule has 0 bridgehead atoms. The van der Waals surface area contributed by atoms with Gasteiger partial charge in [0, 0.05) is 6.42 Å². The van der Waals surface area contributed by atoms with Crippen LogP contribution in [0.5, 0.6) is 0 Å². The fraction of sp³-hybridized carbons (Fsp3) is 0.385. The van der Waals surface area contributed by atoms with Crippen molar-refractivity contribution in [3.63, 3.8) is 0 Å². The Labute approximate surface area is 110 Å². The topological polar surface area (TPSA) is 76.7 Å². The number of halogens is 1. The number of rotatable bonds is 6. The van der Waals surface area contributed by atoms with E-state index >= 15 is 0 Å². The molecule has 102 valence electrons. The van der Waals surface area contributed by atoms with Gasteiger partial charge in [0.25, 0.3) is 0 Å². The first kappa shape index (κ1) is 13.5. The summed E-state index contributed by atoms with van der Waals surface area (Å²) in [7, 11) is 0. The summed E-state index contributed by atoms with van der Waals surface area (Å²) < 4.78 is 14.4. The zero-order valence-corrected chi connectivity index (χ0v) is 10.6. The van der Waals surface area contributed by atoms with Gasteiger partial charge in [-0.05, 0) is 43.7 Å². The second-order valence-corrected chi connectivity index (χ2v) is 4.36. The Morgan fingerprint density at radius 3 is 2.63 bits per heavy atom. The highest BCUT2D eigenvalue weighted by atomic mass is 19.1. The van der Waals surface area contributed by atoms with E-state index in [9.17, 15) is 9.18 Å². The fourth-order valence-corrected chi connectivity index (χ4v) is 1.96. The highest BCUT2D eigenvalue weighted by molar-refractivity contribution is 5.32. The number of nitrogens with two attached hydrogens (primary N) is 1. The largest absolute Gasteiger partial charge is 0.347 e. The summed E-state index contributed by atoms with van der Waals surface area (Å²) in [6, 6.07) is 5.78. The third-order valence-electron chi connectivity index (χ3n) is 2.93. The van der Waals surface area contributed by atoms with E-state index in [-0.39, 0.29) is 11.5 Å². The van der Waals surface area contributed by atoms with Crippen molar-refractivity contribution in [1.29, 1.82) is 0 Å². The smallest absolute Gasteiger partial charge is 0.330 e. The van der Waals surface area contributed by atoms with Gasteiger partial charge < -0.3 is 5.73 Å². The normalized spacial score (nSPS) is 10.8. The van der Waals surface area contributed by atoms with Crippen molar-refractivity contribution in [2.24, 2.45) is 5.73 Å². The Hall–Kier alpha value is -1.95. The van der Waals surface area contributed by atoms with E-state index in [4.69, 9.17) is 5.73 Å². The van der Waals surface area contributed by atoms with Gasteiger partial charge in [-0.3, -0.25) is 0 Å². The van der Waals surface area contributed by atoms with Crippen LogP contribution in [0.2, 0.25) is 0 Å². The molecule has 0 saturated carbocycles. The number of hydrogen-bond donors (Lipinski definition) is 2. The van der Waals surface area contributed by atoms with Gasteiger partial charge in [-0.1, -0.05) is 6.42 Å². The van der Waals surface area contributed by atoms with Crippen LogP contribution in [0, 0.1) is 5.82 Å². The molecule has 0 aliphatic heterocycles. The Bertz CT molecular complexity index is 573. The molecule has 1 aromatic carbocycles. The first-order valence-electron chi connectivity index (χ1n) is 6.34. The van der Waals surface area contributed by atoms with Gasteiger partial charge in [0.05, 0.1) is 5.69 Å². The number of nitrogens with zero attached hydrogens (tertiary/aromatic N) is 2. The molecule has 0 fully saturated rings. The second kappa shape index (κ2) is 6.29. The van der Waals surface area contributed by atoms with E-state index in [1.807, 2.05) is 0 Å². The van der Waals surface area contributed by atoms with Crippen molar-refractivity contribution in [1.82, 2.24) is 14.8 Å². The second-order valence-electron chi connectivity index (χ2n) is 4.36. The van der Waals surface area contributed by atoms with E-state index in [2.05, 4.69) is 10.2 Å². The van der Waals surface area contributed by atoms with Crippen molar-refractivity contribution in [3.8, 4) is 5.69 Å². The lowest BCUT2D eigenvalue weighted by Crippen LogP contribution is -2.17. The Kier molecular flexibility index (Phi) is 4.46. The molecule has 0 aliphatic rings. The summed E-state index contributed by atoms with van der Waals surface area (Å²) in [5.74, 6) is 0.332. The van der Waals surface area contributed by atoms with Crippen molar-refractivity contribution >= 4 is 0 Å². The summed E-state index contributed by atoms with van der Waals surface area (Å²) >= 11 is 0. The quantitative estimate of drug-likeness (QED) is 0.774. The number of aryl methyl sites for hydroxylation is 1. The minimum absolute atomic E-state index is 0.305. The average molecular weight is 264 g/mol. The fourth-order valence-electron chi connectivity index (χ4n) is 1.96. The molecule has 0 unspecified atom stereocenters. The lowest BCUT2D eigenvalue weighted by molar-refractivity contribution is 0.626. The average Bonchev–Trinajstić information content (AvgIpc) is 2.77. The van der Waals surface area contributed by atoms with Crippen LogP contribution < -0.4 is 11.4 Å². The summed E-state index contributed by atoms with van der Waals surface area (Å²) in [5, 5.41) is 6.44. The molecule has 1 heterocycles. The van der Waals surface area contributed by atoms with E-state index in [0.29, 0.717) is 24.5 Å². The number of aromatic amines is 1. The first-order valence-corrected chi connectivity index (χ1v) is 6.34. The minimum Gasteiger partial charge on any atom is -0.330 e. The number of aromatic nitrogens is 3. The molecular weight excluding hydrogens is 247 g/mol. The number of hydrogen-bond acceptors (Lipinski definition) is 3. The number of benzene rings is 1. The van der Waals surface area contributed by atoms with Crippen LogP contribution >= 0.6 is 0 Å². The predicted molar refractivity (Wildman–Crippen MR) is 70.8 cm³/mol. The molecule has 0 aliphatic carbocycles. The Morgan fingerprint density at radius 1 is 1.21 bits per heavy atom. The molecule has 1 aromatic heterocycles. The lowest BCUT2D eigenvalue weighted by Gasteiger charge is -2.05. The van der Waals surface area contributed by atoms with Crippen molar-refractivity contribution in [2.75, 3.05) is 6.54 Å². The number of unbranched alkanes of at least 4 members (excludes halogenated alkanes) is 2. The van der Waals surface area contributed by atoms with Crippen LogP contribution in [0.25, 0.3) is 5.69 Å². The van der Waals surface area contributed by atoms with Crippen molar-refractivity contribution < 1.29 is 4.39 Å². The molecular formula is C13H17FN4O. The van der Waals surface area contributed by atoms with E-state index < -0.39 is 0 Å². The minimum atomic E-state index is -0.329. The van der Waals surface area contributed by atoms with E-state index in [1.165, 1.54) is 16.7 Å². The van der Waals surface area contributed by atoms with Crippen LogP contribution in [0.3, 0.4) is 0 Å². The molecule has 0 radical (unpaired) electrons. The molecule has 3 N–H and O–H groups in total. The van der Waals surface area contributed by atoms with E-state index in [0.717, 1.165) is 19.3 Å². The number of nitrogens with one attached hydrogen (secondary N) is 1. The highest BCUT2D eigenvalue weighted by Crippen LogP contribution is 2.10. The zero-order valence-electron chi connectivity index (χ0n) is 10.6. The van der Waals surface area contributed by atoms with Gasteiger partial charge in [-0.25, -0.2) is 18.9 Å². The summed E-state index contributed by atoms with van der Waals surface area (Å²) in [5.41, 5.74) is 5.75. The molecule has 0 saturated heterocycles. The molecule has 0 atom stereocenters. The monoisotopic (exact) mass is 264 g/mol. The maximum atomic E-state index is 12.9. The Morgan fingerprint density at radius 2 is 1.95 bits per heavy atom. The molecule has 0 spiro atoms. The molecule has 0 amide bonds. The van der Waals surface area contributed by atoms with Gasteiger partial charge >= 0.3 is 5.69 Å². The van der Waals surface area contributed by atoms with Gasteiger partial charge in [0.15, 0.2) is 0 Å². The van der Waals surface area contributed by atoms with Gasteiger partial charge in [-0.2, -0.15) is 5.10 Å². The third-order valence-corrected chi connectivity index (χ3v) is 2.93. The van der Waals surface area contributed by atoms with Crippen molar-refractivity contribution in [2.45, 2.75) is 25.7 Å². The molecule has 5 nitrogen and oxygen atoms in total. The van der Waals surface area contributed by atoms with E-state index in [1.54, 1.807) is 12.1 Å². The van der Waals surface area contributed by atoms with Crippen LogP contribution in [-0.2, 0) is 6.42 Å². The van der Waals surface area contributed by atoms with Gasteiger partial charge in [0.1, 0.15) is 11.6 Å². The molecule has 2 aromatic rings. The molecule has 6 heteroatoms. The predicted octanol–water partition coefficient (Wildman–Crippen LogP) is 1.37. The van der Waals surface area contributed by atoms with Crippen LogP contribution in [0.4, 0.5) is 4.39 Å². The maximum absolute atomic E-state index is 12.9. The van der Waals surface area contributed by atoms with Crippen LogP contribution in [-0.4, -0.2) is 21.3 Å². The summed E-state index contributed by atoms with van der Waals surface area (Å²) in [6.07, 6.45) is 3.57. The Balaban J connectivity index is 2.18. The maximum Gasteiger partial charge on any atom is 0.347 e. The van der Waals surface area contributed by atoms with Crippen molar-refractivity contribution in [3.05, 3.63) is 46.4 Å². The first-order chi connectivity index (χ1) is 9.22. The van der Waals surface area contributed by atoms with Gasteiger partial charge in [0.2, 0.25) is 0 Å². The van der Waals surface area contributed by atoms with Crippen LogP contribution in [0.15, 0.2) is 29.1 Å². The molecule has 19 heavy (non-hydrogen) atoms. The van der Waals surface area contributed by atoms with Crippen LogP contribution in [0.1, 0.15) is 25.1 Å². The SMILES string of the molecule is NCCCCCc1n[nH]c(=O)n1-c1ccc(F)cc1. The van der Waals surface area contributed by atoms with Gasteiger partial charge in [-0.15, -0.1) is 0 Å². The lowest BCUT2D eigenvalue weighted by atomic mass is 10.2. The highest BCUT2D eigenvalue weighted by Gasteiger charge is 2.09.